The van der Waals surface area contributed by atoms with E-state index in [0.717, 1.165) is 30.4 Å². The normalized spacial score (nSPS) is 10.8. The van der Waals surface area contributed by atoms with Crippen molar-refractivity contribution in [1.82, 2.24) is 15.1 Å². The van der Waals surface area contributed by atoms with E-state index in [1.165, 1.54) is 5.56 Å². The van der Waals surface area contributed by atoms with Gasteiger partial charge in [-0.05, 0) is 49.2 Å². The third-order valence-electron chi connectivity index (χ3n) is 4.37. The maximum atomic E-state index is 12.0. The maximum absolute atomic E-state index is 12.0. The lowest BCUT2D eigenvalue weighted by molar-refractivity contribution is 0.0827. The number of carbonyl (C=O) groups is 1. The number of amides is 1. The van der Waals surface area contributed by atoms with Crippen LogP contribution >= 0.6 is 24.0 Å². The predicted octanol–water partition coefficient (Wildman–Crippen LogP) is 4.00. The predicted molar refractivity (Wildman–Crippen MR) is 134 cm³/mol. The van der Waals surface area contributed by atoms with Crippen molar-refractivity contribution in [3.8, 4) is 5.75 Å². The van der Waals surface area contributed by atoms with Crippen molar-refractivity contribution in [3.05, 3.63) is 65.2 Å². The highest BCUT2D eigenvalue weighted by atomic mass is 127. The first-order valence-corrected chi connectivity index (χ1v) is 9.96. The molecule has 0 saturated carbocycles. The van der Waals surface area contributed by atoms with E-state index < -0.39 is 0 Å². The molecular weight excluding hydrogens is 491 g/mol. The van der Waals surface area contributed by atoms with Gasteiger partial charge in [0.1, 0.15) is 5.75 Å². The van der Waals surface area contributed by atoms with E-state index in [4.69, 9.17) is 9.73 Å². The number of benzene rings is 2. The van der Waals surface area contributed by atoms with Gasteiger partial charge in [0.2, 0.25) is 0 Å². The maximum Gasteiger partial charge on any atom is 0.253 e. The van der Waals surface area contributed by atoms with Gasteiger partial charge in [0.15, 0.2) is 5.96 Å². The van der Waals surface area contributed by atoms with Gasteiger partial charge < -0.3 is 19.9 Å². The number of carbonyl (C=O) groups excluding carboxylic acids is 1. The van der Waals surface area contributed by atoms with Gasteiger partial charge in [-0.15, -0.1) is 24.0 Å². The average molecular weight is 524 g/mol. The smallest absolute Gasteiger partial charge is 0.253 e. The number of hydrogen-bond acceptors (Lipinski definition) is 3. The molecule has 0 aliphatic carbocycles. The molecule has 30 heavy (non-hydrogen) atoms. The number of aliphatic imine (C=N–C) groups is 1. The van der Waals surface area contributed by atoms with E-state index >= 15 is 0 Å². The Kier molecular flexibility index (Phi) is 11.2. The summed E-state index contributed by atoms with van der Waals surface area (Å²) in [7, 11) is 5.53. The van der Waals surface area contributed by atoms with Crippen molar-refractivity contribution in [2.45, 2.75) is 26.9 Å². The molecular formula is C23H33IN4O2. The van der Waals surface area contributed by atoms with E-state index in [0.29, 0.717) is 18.7 Å². The summed E-state index contributed by atoms with van der Waals surface area (Å²) in [4.78, 5) is 20.4. The van der Waals surface area contributed by atoms with E-state index in [2.05, 4.69) is 29.3 Å². The summed E-state index contributed by atoms with van der Waals surface area (Å²) in [6.45, 7) is 6.79. The molecule has 2 aromatic carbocycles. The summed E-state index contributed by atoms with van der Waals surface area (Å²) in [5.74, 6) is 1.73. The van der Waals surface area contributed by atoms with Crippen LogP contribution in [-0.4, -0.2) is 56.0 Å². The van der Waals surface area contributed by atoms with E-state index in [-0.39, 0.29) is 29.9 Å². The number of guanidine groups is 1. The molecule has 0 unspecified atom stereocenters. The van der Waals surface area contributed by atoms with Crippen molar-refractivity contribution in [2.75, 3.05) is 34.3 Å². The molecule has 0 fully saturated rings. The first-order valence-electron chi connectivity index (χ1n) is 9.96. The molecule has 1 amide bonds. The van der Waals surface area contributed by atoms with Crippen LogP contribution in [-0.2, 0) is 13.1 Å². The van der Waals surface area contributed by atoms with Gasteiger partial charge in [0.05, 0.1) is 13.2 Å². The SMILES string of the molecule is CCNC(=NCc1ccc(C(=O)N(C)C)cc1)N(C)Cc1ccc(OCC)cc1.I. The minimum absolute atomic E-state index is 0. The van der Waals surface area contributed by atoms with Gasteiger partial charge >= 0.3 is 0 Å². The lowest BCUT2D eigenvalue weighted by Gasteiger charge is -2.22. The molecule has 0 heterocycles. The largest absolute Gasteiger partial charge is 0.494 e. The zero-order valence-electron chi connectivity index (χ0n) is 18.5. The van der Waals surface area contributed by atoms with Crippen molar-refractivity contribution in [1.29, 1.82) is 0 Å². The number of nitrogens with zero attached hydrogens (tertiary/aromatic N) is 3. The van der Waals surface area contributed by atoms with Crippen LogP contribution in [0, 0.1) is 0 Å². The van der Waals surface area contributed by atoms with Gasteiger partial charge in [0, 0.05) is 39.8 Å². The summed E-state index contributed by atoms with van der Waals surface area (Å²) in [6, 6.07) is 15.7. The van der Waals surface area contributed by atoms with Gasteiger partial charge in [-0.25, -0.2) is 4.99 Å². The molecule has 1 N–H and O–H groups in total. The zero-order chi connectivity index (χ0) is 21.2. The van der Waals surface area contributed by atoms with Crippen LogP contribution in [0.3, 0.4) is 0 Å². The molecule has 0 radical (unpaired) electrons. The molecule has 0 aromatic heterocycles. The summed E-state index contributed by atoms with van der Waals surface area (Å²) in [6.07, 6.45) is 0. The Labute approximate surface area is 197 Å². The molecule has 0 saturated heterocycles. The molecule has 2 rings (SSSR count). The Morgan fingerprint density at radius 3 is 2.10 bits per heavy atom. The van der Waals surface area contributed by atoms with Crippen molar-refractivity contribution >= 4 is 35.8 Å². The minimum atomic E-state index is 0. The Morgan fingerprint density at radius 1 is 0.967 bits per heavy atom. The summed E-state index contributed by atoms with van der Waals surface area (Å²) >= 11 is 0. The zero-order valence-corrected chi connectivity index (χ0v) is 20.8. The second-order valence-corrected chi connectivity index (χ2v) is 7.00. The third-order valence-corrected chi connectivity index (χ3v) is 4.37. The third kappa shape index (κ3) is 7.85. The van der Waals surface area contributed by atoms with Gasteiger partial charge in [-0.1, -0.05) is 24.3 Å². The molecule has 0 aliphatic rings. The second-order valence-electron chi connectivity index (χ2n) is 7.00. The molecule has 2 aromatic rings. The van der Waals surface area contributed by atoms with E-state index in [9.17, 15) is 4.79 Å². The second kappa shape index (κ2) is 13.1. The van der Waals surface area contributed by atoms with Crippen LogP contribution in [0.2, 0.25) is 0 Å². The number of rotatable bonds is 8. The van der Waals surface area contributed by atoms with E-state index in [1.54, 1.807) is 19.0 Å². The summed E-state index contributed by atoms with van der Waals surface area (Å²) < 4.78 is 5.50. The molecule has 6 nitrogen and oxygen atoms in total. The fraction of sp³-hybridized carbons (Fsp3) is 0.391. The lowest BCUT2D eigenvalue weighted by Crippen LogP contribution is -2.38. The average Bonchev–Trinajstić information content (AvgIpc) is 2.72. The number of ether oxygens (including phenoxy) is 1. The highest BCUT2D eigenvalue weighted by molar-refractivity contribution is 14.0. The van der Waals surface area contributed by atoms with Crippen LogP contribution in [0.4, 0.5) is 0 Å². The molecule has 0 spiro atoms. The Balaban J connectivity index is 0.00000450. The molecule has 0 aliphatic heterocycles. The van der Waals surface area contributed by atoms with Crippen LogP contribution in [0.5, 0.6) is 5.75 Å². The number of nitrogens with one attached hydrogen (secondary N) is 1. The number of hydrogen-bond donors (Lipinski definition) is 1. The fourth-order valence-corrected chi connectivity index (χ4v) is 2.85. The van der Waals surface area contributed by atoms with Gasteiger partial charge in [0.25, 0.3) is 5.91 Å². The molecule has 164 valence electrons. The Hall–Kier alpha value is -2.29. The van der Waals surface area contributed by atoms with E-state index in [1.807, 2.05) is 50.4 Å². The van der Waals surface area contributed by atoms with Gasteiger partial charge in [-0.2, -0.15) is 0 Å². The standard InChI is InChI=1S/C23H32N4O2.HI/c1-6-24-23(27(5)17-19-10-14-21(15-11-19)29-7-2)25-16-18-8-12-20(13-9-18)22(28)26(3)4;/h8-15H,6-7,16-17H2,1-5H3,(H,24,25);1H. The monoisotopic (exact) mass is 524 g/mol. The highest BCUT2D eigenvalue weighted by Crippen LogP contribution is 2.14. The first-order chi connectivity index (χ1) is 13.9. The topological polar surface area (TPSA) is 57.2 Å². The quantitative estimate of drug-likeness (QED) is 0.322. The first kappa shape index (κ1) is 25.7. The molecule has 0 bridgehead atoms. The van der Waals surface area contributed by atoms with Crippen molar-refractivity contribution < 1.29 is 9.53 Å². The fourth-order valence-electron chi connectivity index (χ4n) is 2.85. The van der Waals surface area contributed by atoms with Gasteiger partial charge in [-0.3, -0.25) is 4.79 Å². The molecule has 7 heteroatoms. The van der Waals surface area contributed by atoms with Crippen LogP contribution < -0.4 is 10.1 Å². The molecule has 0 atom stereocenters. The van der Waals surface area contributed by atoms with Crippen molar-refractivity contribution in [2.24, 2.45) is 4.99 Å². The number of halogens is 1. The van der Waals surface area contributed by atoms with Crippen LogP contribution in [0.25, 0.3) is 0 Å². The van der Waals surface area contributed by atoms with Crippen molar-refractivity contribution in [3.63, 3.8) is 0 Å². The highest BCUT2D eigenvalue weighted by Gasteiger charge is 2.09. The van der Waals surface area contributed by atoms with Crippen LogP contribution in [0.1, 0.15) is 35.3 Å². The Bertz CT molecular complexity index is 805. The summed E-state index contributed by atoms with van der Waals surface area (Å²) in [5.41, 5.74) is 2.93. The van der Waals surface area contributed by atoms with Crippen LogP contribution in [0.15, 0.2) is 53.5 Å². The lowest BCUT2D eigenvalue weighted by atomic mass is 10.1. The summed E-state index contributed by atoms with van der Waals surface area (Å²) in [5, 5.41) is 3.34. The Morgan fingerprint density at radius 2 is 1.57 bits per heavy atom. The minimum Gasteiger partial charge on any atom is -0.494 e.